The van der Waals surface area contributed by atoms with Gasteiger partial charge >= 0.3 is 5.69 Å². The van der Waals surface area contributed by atoms with Crippen molar-refractivity contribution < 1.29 is 4.79 Å². The van der Waals surface area contributed by atoms with Gasteiger partial charge in [-0.2, -0.15) is 0 Å². The van der Waals surface area contributed by atoms with Crippen LogP contribution in [0.4, 0.5) is 0 Å². The summed E-state index contributed by atoms with van der Waals surface area (Å²) in [6, 6.07) is 0.272. The van der Waals surface area contributed by atoms with E-state index < -0.39 is 11.2 Å². The summed E-state index contributed by atoms with van der Waals surface area (Å²) in [5, 5.41) is 0. The molecule has 0 spiro atoms. The maximum Gasteiger partial charge on any atom is 0.325 e. The highest BCUT2D eigenvalue weighted by atomic mass is 16.2. The molecule has 1 amide bonds. The molecule has 3 rings (SSSR count). The molecule has 2 aliphatic heterocycles. The van der Waals surface area contributed by atoms with Crippen molar-refractivity contribution in [3.63, 3.8) is 0 Å². The lowest BCUT2D eigenvalue weighted by molar-refractivity contribution is -0.134. The Bertz CT molecular complexity index is 675. The van der Waals surface area contributed by atoms with Crippen LogP contribution >= 0.6 is 0 Å². The minimum atomic E-state index is -0.544. The number of H-pyrrole nitrogens is 2. The van der Waals surface area contributed by atoms with Gasteiger partial charge in [0.05, 0.1) is 6.42 Å². The number of aromatic amines is 2. The number of likely N-dealkylation sites (tertiary alicyclic amines) is 2. The van der Waals surface area contributed by atoms with Crippen molar-refractivity contribution in [2.24, 2.45) is 0 Å². The molecule has 132 valence electrons. The van der Waals surface area contributed by atoms with Gasteiger partial charge in [0.1, 0.15) is 0 Å². The Morgan fingerprint density at radius 3 is 2.62 bits per heavy atom. The van der Waals surface area contributed by atoms with Crippen molar-refractivity contribution in [3.8, 4) is 0 Å². The number of hydrogen-bond acceptors (Lipinski definition) is 4. The Balaban J connectivity index is 1.61. The molecule has 0 bridgehead atoms. The number of hydrogen-bond donors (Lipinski definition) is 2. The van der Waals surface area contributed by atoms with Crippen LogP contribution in [0.2, 0.25) is 0 Å². The maximum absolute atomic E-state index is 12.7. The van der Waals surface area contributed by atoms with Crippen LogP contribution in [0.1, 0.15) is 44.1 Å². The van der Waals surface area contributed by atoms with E-state index in [1.54, 1.807) is 0 Å². The molecule has 7 heteroatoms. The van der Waals surface area contributed by atoms with Crippen LogP contribution in [0.5, 0.6) is 0 Å². The van der Waals surface area contributed by atoms with Crippen LogP contribution in [0.25, 0.3) is 0 Å². The zero-order chi connectivity index (χ0) is 16.9. The molecular weight excluding hydrogens is 308 g/mol. The lowest BCUT2D eigenvalue weighted by atomic mass is 9.98. The van der Waals surface area contributed by atoms with E-state index in [2.05, 4.69) is 14.9 Å². The summed E-state index contributed by atoms with van der Waals surface area (Å²) < 4.78 is 0. The molecule has 1 aromatic heterocycles. The highest BCUT2D eigenvalue weighted by molar-refractivity contribution is 5.79. The Morgan fingerprint density at radius 2 is 1.88 bits per heavy atom. The molecule has 2 aliphatic rings. The number of nitrogens with zero attached hydrogens (tertiary/aromatic N) is 2. The first-order chi connectivity index (χ1) is 11.6. The first-order valence-corrected chi connectivity index (χ1v) is 8.96. The summed E-state index contributed by atoms with van der Waals surface area (Å²) in [4.78, 5) is 44.6. The zero-order valence-corrected chi connectivity index (χ0v) is 14.1. The van der Waals surface area contributed by atoms with E-state index in [1.165, 1.54) is 32.1 Å². The minimum Gasteiger partial charge on any atom is -0.339 e. The van der Waals surface area contributed by atoms with Gasteiger partial charge in [-0.05, 0) is 51.6 Å². The molecule has 1 atom stereocenters. The van der Waals surface area contributed by atoms with E-state index in [0.717, 1.165) is 38.8 Å². The van der Waals surface area contributed by atoms with E-state index in [-0.39, 0.29) is 18.4 Å². The lowest BCUT2D eigenvalue weighted by Gasteiger charge is -2.36. The molecule has 1 unspecified atom stereocenters. The normalized spacial score (nSPS) is 22.0. The third-order valence-electron chi connectivity index (χ3n) is 5.16. The van der Waals surface area contributed by atoms with Gasteiger partial charge < -0.3 is 14.8 Å². The van der Waals surface area contributed by atoms with E-state index in [0.29, 0.717) is 5.56 Å². The van der Waals surface area contributed by atoms with Crippen LogP contribution in [0, 0.1) is 0 Å². The van der Waals surface area contributed by atoms with Gasteiger partial charge in [0, 0.05) is 30.9 Å². The molecule has 0 aromatic carbocycles. The SMILES string of the molecule is O=C(Cc1c[nH]c(=O)[nH]c1=O)N1CCCCC1CCN1CCCC1. The fourth-order valence-electron chi connectivity index (χ4n) is 3.80. The average Bonchev–Trinajstić information content (AvgIpc) is 3.09. The van der Waals surface area contributed by atoms with Crippen LogP contribution in [-0.4, -0.2) is 57.9 Å². The topological polar surface area (TPSA) is 89.3 Å². The Labute approximate surface area is 141 Å². The summed E-state index contributed by atoms with van der Waals surface area (Å²) in [5.74, 6) is -0.0151. The second-order valence-electron chi connectivity index (χ2n) is 6.85. The molecule has 2 saturated heterocycles. The summed E-state index contributed by atoms with van der Waals surface area (Å²) in [5.41, 5.74) is -0.696. The fraction of sp³-hybridized carbons (Fsp3) is 0.706. The van der Waals surface area contributed by atoms with E-state index in [9.17, 15) is 14.4 Å². The van der Waals surface area contributed by atoms with Gasteiger partial charge in [0.15, 0.2) is 0 Å². The molecular formula is C17H26N4O3. The van der Waals surface area contributed by atoms with Crippen LogP contribution in [0.15, 0.2) is 15.8 Å². The summed E-state index contributed by atoms with van der Waals surface area (Å²) >= 11 is 0. The molecule has 0 aliphatic carbocycles. The van der Waals surface area contributed by atoms with Crippen LogP contribution in [0.3, 0.4) is 0 Å². The first kappa shape index (κ1) is 17.0. The molecule has 2 N–H and O–H groups in total. The first-order valence-electron chi connectivity index (χ1n) is 8.96. The Morgan fingerprint density at radius 1 is 1.12 bits per heavy atom. The third kappa shape index (κ3) is 4.14. The molecule has 2 fully saturated rings. The number of piperidine rings is 1. The average molecular weight is 334 g/mol. The van der Waals surface area contributed by atoms with Crippen molar-refractivity contribution in [3.05, 3.63) is 32.6 Å². The van der Waals surface area contributed by atoms with Gasteiger partial charge in [-0.25, -0.2) is 4.79 Å². The number of carbonyl (C=O) groups excluding carboxylic acids is 1. The van der Waals surface area contributed by atoms with E-state index in [1.807, 2.05) is 4.90 Å². The monoisotopic (exact) mass is 334 g/mol. The number of rotatable bonds is 5. The van der Waals surface area contributed by atoms with Crippen molar-refractivity contribution in [2.75, 3.05) is 26.2 Å². The smallest absolute Gasteiger partial charge is 0.325 e. The van der Waals surface area contributed by atoms with E-state index >= 15 is 0 Å². The van der Waals surface area contributed by atoms with Gasteiger partial charge in [-0.1, -0.05) is 0 Å². The zero-order valence-electron chi connectivity index (χ0n) is 14.1. The summed E-state index contributed by atoms with van der Waals surface area (Å²) in [6.45, 7) is 4.17. The Hall–Kier alpha value is -1.89. The standard InChI is InChI=1S/C17H26N4O3/c22-15(11-13-12-18-17(24)19-16(13)23)21-9-2-1-5-14(21)6-10-20-7-3-4-8-20/h12,14H,1-11H2,(H2,18,19,23,24). The largest absolute Gasteiger partial charge is 0.339 e. The van der Waals surface area contributed by atoms with Crippen LogP contribution < -0.4 is 11.2 Å². The fourth-order valence-corrected chi connectivity index (χ4v) is 3.80. The second-order valence-corrected chi connectivity index (χ2v) is 6.85. The quantitative estimate of drug-likeness (QED) is 0.819. The number of aromatic nitrogens is 2. The Kier molecular flexibility index (Phi) is 5.50. The van der Waals surface area contributed by atoms with Crippen LogP contribution in [-0.2, 0) is 11.2 Å². The molecule has 0 radical (unpaired) electrons. The molecule has 0 saturated carbocycles. The van der Waals surface area contributed by atoms with Crippen molar-refractivity contribution >= 4 is 5.91 Å². The minimum absolute atomic E-state index is 0.0151. The lowest BCUT2D eigenvalue weighted by Crippen LogP contribution is -2.46. The second kappa shape index (κ2) is 7.79. The van der Waals surface area contributed by atoms with Crippen molar-refractivity contribution in [1.82, 2.24) is 19.8 Å². The highest BCUT2D eigenvalue weighted by Gasteiger charge is 2.27. The van der Waals surface area contributed by atoms with Gasteiger partial charge in [0.2, 0.25) is 5.91 Å². The van der Waals surface area contributed by atoms with E-state index in [4.69, 9.17) is 0 Å². The van der Waals surface area contributed by atoms with Gasteiger partial charge in [-0.15, -0.1) is 0 Å². The highest BCUT2D eigenvalue weighted by Crippen LogP contribution is 2.21. The molecule has 3 heterocycles. The number of amides is 1. The predicted molar refractivity (Wildman–Crippen MR) is 91.0 cm³/mol. The predicted octanol–water partition coefficient (Wildman–Crippen LogP) is 0.473. The molecule has 1 aromatic rings. The summed E-state index contributed by atoms with van der Waals surface area (Å²) in [6.07, 6.45) is 8.19. The summed E-state index contributed by atoms with van der Waals surface area (Å²) in [7, 11) is 0. The maximum atomic E-state index is 12.7. The van der Waals surface area contributed by atoms with Crippen molar-refractivity contribution in [1.29, 1.82) is 0 Å². The molecule has 24 heavy (non-hydrogen) atoms. The molecule has 7 nitrogen and oxygen atoms in total. The number of nitrogens with one attached hydrogen (secondary N) is 2. The van der Waals surface area contributed by atoms with Crippen molar-refractivity contribution in [2.45, 2.75) is 51.0 Å². The number of carbonyl (C=O) groups is 1. The van der Waals surface area contributed by atoms with Gasteiger partial charge in [0.25, 0.3) is 5.56 Å². The van der Waals surface area contributed by atoms with Gasteiger partial charge in [-0.3, -0.25) is 14.6 Å². The third-order valence-corrected chi connectivity index (χ3v) is 5.16.